The third-order valence-electron chi connectivity index (χ3n) is 2.71. The van der Waals surface area contributed by atoms with Gasteiger partial charge < -0.3 is 4.90 Å². The van der Waals surface area contributed by atoms with Crippen molar-refractivity contribution in [3.63, 3.8) is 0 Å². The average Bonchev–Trinajstić information content (AvgIpc) is 1.85. The predicted octanol–water partition coefficient (Wildman–Crippen LogP) is 2.87. The summed E-state index contributed by atoms with van der Waals surface area (Å²) in [7, 11) is 4.31. The normalized spacial score (nSPS) is 17.0. The first-order valence-corrected chi connectivity index (χ1v) is 5.13. The Labute approximate surface area is 78.1 Å². The van der Waals surface area contributed by atoms with Crippen LogP contribution in [0.25, 0.3) is 0 Å². The third kappa shape index (κ3) is 4.10. The van der Waals surface area contributed by atoms with Crippen LogP contribution in [0.5, 0.6) is 0 Å². The molecule has 0 amide bonds. The van der Waals surface area contributed by atoms with Crippen LogP contribution in [0.4, 0.5) is 0 Å². The fourth-order valence-corrected chi connectivity index (χ4v) is 2.24. The van der Waals surface area contributed by atoms with Gasteiger partial charge in [0, 0.05) is 6.54 Å². The Morgan fingerprint density at radius 2 is 1.58 bits per heavy atom. The number of hydrogen-bond donors (Lipinski definition) is 0. The van der Waals surface area contributed by atoms with Crippen LogP contribution in [-0.2, 0) is 0 Å². The predicted molar refractivity (Wildman–Crippen MR) is 56.3 cm³/mol. The Morgan fingerprint density at radius 3 is 1.83 bits per heavy atom. The van der Waals surface area contributed by atoms with E-state index in [0.29, 0.717) is 0 Å². The summed E-state index contributed by atoms with van der Waals surface area (Å²) in [5.74, 6) is 2.53. The zero-order valence-electron chi connectivity index (χ0n) is 9.59. The SMILES string of the molecule is CCC(C(C)C)C(C)CN(C)C. The molecule has 0 bridgehead atoms. The second kappa shape index (κ2) is 5.58. The molecule has 0 aromatic rings. The monoisotopic (exact) mass is 171 g/mol. The van der Waals surface area contributed by atoms with E-state index in [1.807, 2.05) is 0 Å². The quantitative estimate of drug-likeness (QED) is 0.615. The second-order valence-electron chi connectivity index (χ2n) is 4.56. The Morgan fingerprint density at radius 1 is 1.08 bits per heavy atom. The van der Waals surface area contributed by atoms with Crippen molar-refractivity contribution in [3.8, 4) is 0 Å². The molecule has 74 valence electrons. The van der Waals surface area contributed by atoms with E-state index in [2.05, 4.69) is 46.7 Å². The Bertz CT molecular complexity index is 108. The lowest BCUT2D eigenvalue weighted by Crippen LogP contribution is -2.27. The van der Waals surface area contributed by atoms with Gasteiger partial charge in [0.25, 0.3) is 0 Å². The molecule has 1 heteroatoms. The van der Waals surface area contributed by atoms with E-state index in [1.165, 1.54) is 13.0 Å². The molecule has 1 nitrogen and oxygen atoms in total. The smallest absolute Gasteiger partial charge is 0.000366 e. The molecule has 0 heterocycles. The summed E-state index contributed by atoms with van der Waals surface area (Å²) in [5, 5.41) is 0. The van der Waals surface area contributed by atoms with Crippen LogP contribution in [0.1, 0.15) is 34.1 Å². The molecule has 0 aliphatic rings. The number of rotatable bonds is 5. The Balaban J connectivity index is 3.94. The van der Waals surface area contributed by atoms with Gasteiger partial charge >= 0.3 is 0 Å². The summed E-state index contributed by atoms with van der Waals surface area (Å²) in [5.41, 5.74) is 0. The van der Waals surface area contributed by atoms with Gasteiger partial charge in [0.2, 0.25) is 0 Å². The summed E-state index contributed by atoms with van der Waals surface area (Å²) >= 11 is 0. The lowest BCUT2D eigenvalue weighted by molar-refractivity contribution is 0.209. The van der Waals surface area contributed by atoms with Gasteiger partial charge in [0.05, 0.1) is 0 Å². The summed E-state index contributed by atoms with van der Waals surface area (Å²) in [6.45, 7) is 10.6. The van der Waals surface area contributed by atoms with E-state index < -0.39 is 0 Å². The first-order valence-electron chi connectivity index (χ1n) is 5.13. The molecular formula is C11H25N. The van der Waals surface area contributed by atoms with Gasteiger partial charge in [-0.2, -0.15) is 0 Å². The van der Waals surface area contributed by atoms with Crippen molar-refractivity contribution in [1.29, 1.82) is 0 Å². The minimum Gasteiger partial charge on any atom is -0.309 e. The largest absolute Gasteiger partial charge is 0.309 e. The molecule has 0 fully saturated rings. The van der Waals surface area contributed by atoms with Gasteiger partial charge in [0.15, 0.2) is 0 Å². The molecule has 2 unspecified atom stereocenters. The lowest BCUT2D eigenvalue weighted by atomic mass is 9.82. The molecule has 0 aromatic heterocycles. The molecule has 0 aromatic carbocycles. The highest BCUT2D eigenvalue weighted by Gasteiger charge is 2.18. The minimum absolute atomic E-state index is 0.824. The molecule has 0 N–H and O–H groups in total. The van der Waals surface area contributed by atoms with Crippen LogP contribution in [0, 0.1) is 17.8 Å². The zero-order chi connectivity index (χ0) is 9.72. The molecule has 0 rings (SSSR count). The Kier molecular flexibility index (Phi) is 5.56. The maximum Gasteiger partial charge on any atom is 0.000366 e. The molecule has 0 radical (unpaired) electrons. The molecule has 0 saturated heterocycles. The van der Waals surface area contributed by atoms with Crippen molar-refractivity contribution in [1.82, 2.24) is 4.90 Å². The van der Waals surface area contributed by atoms with Gasteiger partial charge in [-0.05, 0) is 31.8 Å². The maximum absolute atomic E-state index is 2.37. The highest BCUT2D eigenvalue weighted by molar-refractivity contribution is 4.69. The van der Waals surface area contributed by atoms with Crippen molar-refractivity contribution < 1.29 is 0 Å². The fraction of sp³-hybridized carbons (Fsp3) is 1.00. The topological polar surface area (TPSA) is 3.24 Å². The minimum atomic E-state index is 0.824. The number of hydrogen-bond acceptors (Lipinski definition) is 1. The van der Waals surface area contributed by atoms with Crippen LogP contribution >= 0.6 is 0 Å². The first-order chi connectivity index (χ1) is 5.49. The van der Waals surface area contributed by atoms with E-state index in [4.69, 9.17) is 0 Å². The highest BCUT2D eigenvalue weighted by Crippen LogP contribution is 2.24. The third-order valence-corrected chi connectivity index (χ3v) is 2.71. The fourth-order valence-electron chi connectivity index (χ4n) is 2.24. The van der Waals surface area contributed by atoms with Crippen molar-refractivity contribution in [2.45, 2.75) is 34.1 Å². The first kappa shape index (κ1) is 12.0. The molecule has 0 aliphatic heterocycles. The summed E-state index contributed by atoms with van der Waals surface area (Å²) in [6, 6.07) is 0. The van der Waals surface area contributed by atoms with Crippen molar-refractivity contribution >= 4 is 0 Å². The van der Waals surface area contributed by atoms with E-state index >= 15 is 0 Å². The molecular weight excluding hydrogens is 146 g/mol. The van der Waals surface area contributed by atoms with Crippen LogP contribution < -0.4 is 0 Å². The standard InChI is InChI=1S/C11H25N/c1-7-11(9(2)3)10(4)8-12(5)6/h9-11H,7-8H2,1-6H3. The average molecular weight is 171 g/mol. The lowest BCUT2D eigenvalue weighted by Gasteiger charge is -2.28. The van der Waals surface area contributed by atoms with E-state index in [0.717, 1.165) is 17.8 Å². The summed E-state index contributed by atoms with van der Waals surface area (Å²) in [6.07, 6.45) is 1.31. The summed E-state index contributed by atoms with van der Waals surface area (Å²) in [4.78, 5) is 2.29. The van der Waals surface area contributed by atoms with E-state index in [-0.39, 0.29) is 0 Å². The van der Waals surface area contributed by atoms with Gasteiger partial charge in [0.1, 0.15) is 0 Å². The molecule has 0 spiro atoms. The zero-order valence-corrected chi connectivity index (χ0v) is 9.59. The maximum atomic E-state index is 2.37. The van der Waals surface area contributed by atoms with Crippen LogP contribution in [0.2, 0.25) is 0 Å². The summed E-state index contributed by atoms with van der Waals surface area (Å²) < 4.78 is 0. The second-order valence-corrected chi connectivity index (χ2v) is 4.56. The van der Waals surface area contributed by atoms with Crippen LogP contribution in [0.15, 0.2) is 0 Å². The van der Waals surface area contributed by atoms with E-state index in [9.17, 15) is 0 Å². The molecule has 0 saturated carbocycles. The van der Waals surface area contributed by atoms with Gasteiger partial charge in [-0.1, -0.05) is 34.1 Å². The van der Waals surface area contributed by atoms with Gasteiger partial charge in [-0.15, -0.1) is 0 Å². The van der Waals surface area contributed by atoms with Crippen molar-refractivity contribution in [2.75, 3.05) is 20.6 Å². The van der Waals surface area contributed by atoms with Crippen LogP contribution in [0.3, 0.4) is 0 Å². The van der Waals surface area contributed by atoms with Crippen LogP contribution in [-0.4, -0.2) is 25.5 Å². The molecule has 0 aliphatic carbocycles. The highest BCUT2D eigenvalue weighted by atomic mass is 15.1. The number of nitrogens with zero attached hydrogens (tertiary/aromatic N) is 1. The molecule has 2 atom stereocenters. The Hall–Kier alpha value is -0.0400. The van der Waals surface area contributed by atoms with Gasteiger partial charge in [-0.25, -0.2) is 0 Å². The van der Waals surface area contributed by atoms with E-state index in [1.54, 1.807) is 0 Å². The van der Waals surface area contributed by atoms with Crippen molar-refractivity contribution in [2.24, 2.45) is 17.8 Å². The molecule has 12 heavy (non-hydrogen) atoms. The van der Waals surface area contributed by atoms with Gasteiger partial charge in [-0.3, -0.25) is 0 Å². The van der Waals surface area contributed by atoms with Crippen molar-refractivity contribution in [3.05, 3.63) is 0 Å².